The molecule has 32 heavy (non-hydrogen) atoms. The van der Waals surface area contributed by atoms with Crippen molar-refractivity contribution < 1.29 is 22.7 Å². The number of nitrogens with zero attached hydrogens (tertiary/aromatic N) is 3. The number of hydrogen-bond donors (Lipinski definition) is 1. The van der Waals surface area contributed by atoms with Crippen LogP contribution in [0.1, 0.15) is 51.5 Å². The minimum atomic E-state index is -3.85. The van der Waals surface area contributed by atoms with Crippen molar-refractivity contribution in [2.24, 2.45) is 0 Å². The van der Waals surface area contributed by atoms with Crippen LogP contribution in [0.2, 0.25) is 0 Å². The van der Waals surface area contributed by atoms with Gasteiger partial charge in [-0.3, -0.25) is 4.79 Å². The Bertz CT molecular complexity index is 1190. The molecule has 9 nitrogen and oxygen atoms in total. The molecule has 1 amide bonds. The second-order valence-electron chi connectivity index (χ2n) is 7.88. The van der Waals surface area contributed by atoms with Gasteiger partial charge in [0.1, 0.15) is 11.8 Å². The van der Waals surface area contributed by atoms with Crippen molar-refractivity contribution in [1.82, 2.24) is 14.2 Å². The predicted octanol–water partition coefficient (Wildman–Crippen LogP) is 2.22. The lowest BCUT2D eigenvalue weighted by atomic mass is 10.1. The number of aryl methyl sites for hydroxylation is 1. The van der Waals surface area contributed by atoms with E-state index in [1.165, 1.54) is 16.4 Å². The highest BCUT2D eigenvalue weighted by molar-refractivity contribution is 7.89. The third kappa shape index (κ3) is 4.40. The quantitative estimate of drug-likeness (QED) is 0.685. The Morgan fingerprint density at radius 1 is 1.12 bits per heavy atom. The summed E-state index contributed by atoms with van der Waals surface area (Å²) in [6.45, 7) is 7.49. The molecule has 10 heteroatoms. The van der Waals surface area contributed by atoms with Gasteiger partial charge in [-0.15, -0.1) is 0 Å². The minimum Gasteiger partial charge on any atom is -0.459 e. The molecule has 2 heterocycles. The third-order valence-electron chi connectivity index (χ3n) is 5.35. The molecule has 1 aromatic carbocycles. The summed E-state index contributed by atoms with van der Waals surface area (Å²) in [6.07, 6.45) is -0.281. The van der Waals surface area contributed by atoms with Gasteiger partial charge in [0.05, 0.1) is 22.1 Å². The van der Waals surface area contributed by atoms with E-state index >= 15 is 0 Å². The zero-order valence-corrected chi connectivity index (χ0v) is 19.3. The molecule has 0 bridgehead atoms. The number of piperazine rings is 1. The number of sulfonamides is 1. The fourth-order valence-corrected chi connectivity index (χ4v) is 5.32. The van der Waals surface area contributed by atoms with Crippen molar-refractivity contribution in [3.8, 4) is 6.07 Å². The highest BCUT2D eigenvalue weighted by Gasteiger charge is 2.33. The van der Waals surface area contributed by atoms with Gasteiger partial charge in [0.2, 0.25) is 10.0 Å². The average Bonchev–Trinajstić information content (AvgIpc) is 3.06. The average molecular weight is 459 g/mol. The number of nitriles is 1. The Morgan fingerprint density at radius 3 is 2.34 bits per heavy atom. The van der Waals surface area contributed by atoms with Crippen LogP contribution in [0, 0.1) is 25.2 Å². The summed E-state index contributed by atoms with van der Waals surface area (Å²) in [7, 11) is -3.85. The molecule has 0 radical (unpaired) electrons. The van der Waals surface area contributed by atoms with Gasteiger partial charge in [0, 0.05) is 31.9 Å². The van der Waals surface area contributed by atoms with E-state index in [1.54, 1.807) is 44.7 Å². The van der Waals surface area contributed by atoms with Crippen molar-refractivity contribution in [1.29, 1.82) is 5.26 Å². The number of benzene rings is 1. The van der Waals surface area contributed by atoms with Gasteiger partial charge >= 0.3 is 5.97 Å². The number of carbonyl (C=O) groups excluding carboxylic acids is 2. The molecule has 1 fully saturated rings. The van der Waals surface area contributed by atoms with Crippen molar-refractivity contribution in [2.75, 3.05) is 26.2 Å². The Labute approximate surface area is 187 Å². The van der Waals surface area contributed by atoms with E-state index in [2.05, 4.69) is 4.98 Å². The highest BCUT2D eigenvalue weighted by Crippen LogP contribution is 2.24. The number of carbonyl (C=O) groups is 2. The monoisotopic (exact) mass is 458 g/mol. The zero-order chi connectivity index (χ0) is 23.6. The Kier molecular flexibility index (Phi) is 6.71. The number of amides is 1. The van der Waals surface area contributed by atoms with E-state index in [-0.39, 0.29) is 48.6 Å². The fourth-order valence-electron chi connectivity index (χ4n) is 3.76. The van der Waals surface area contributed by atoms with Gasteiger partial charge in [-0.1, -0.05) is 12.1 Å². The van der Waals surface area contributed by atoms with Crippen LogP contribution in [0.5, 0.6) is 0 Å². The first-order valence-corrected chi connectivity index (χ1v) is 11.7. The van der Waals surface area contributed by atoms with E-state index in [0.717, 1.165) is 0 Å². The molecule has 1 N–H and O–H groups in total. The van der Waals surface area contributed by atoms with E-state index < -0.39 is 16.0 Å². The molecule has 1 aromatic heterocycles. The Morgan fingerprint density at radius 2 is 1.75 bits per heavy atom. The Hall–Kier alpha value is -3.16. The molecule has 170 valence electrons. The maximum Gasteiger partial charge on any atom is 0.340 e. The SMILES string of the molecule is Cc1[nH]c(C(=O)N2CCN(S(=O)(=O)c3ccccc3C#N)CC2)c(C)c1C(=O)OC(C)C. The van der Waals surface area contributed by atoms with Crippen LogP contribution in [0.3, 0.4) is 0 Å². The summed E-state index contributed by atoms with van der Waals surface area (Å²) in [6, 6.07) is 7.97. The first-order chi connectivity index (χ1) is 15.1. The lowest BCUT2D eigenvalue weighted by Gasteiger charge is -2.34. The predicted molar refractivity (Wildman–Crippen MR) is 117 cm³/mol. The van der Waals surface area contributed by atoms with E-state index in [1.807, 2.05) is 6.07 Å². The molecule has 0 spiro atoms. The smallest absolute Gasteiger partial charge is 0.340 e. The second kappa shape index (κ2) is 9.14. The molecule has 1 aliphatic heterocycles. The molecule has 3 rings (SSSR count). The Balaban J connectivity index is 1.75. The molecule has 1 aliphatic rings. The summed E-state index contributed by atoms with van der Waals surface area (Å²) in [5.74, 6) is -0.791. The van der Waals surface area contributed by atoms with Crippen LogP contribution in [0.25, 0.3) is 0 Å². The van der Waals surface area contributed by atoms with Gasteiger partial charge in [-0.05, 0) is 45.4 Å². The highest BCUT2D eigenvalue weighted by atomic mass is 32.2. The number of ether oxygens (including phenoxy) is 1. The number of hydrogen-bond acceptors (Lipinski definition) is 6. The van der Waals surface area contributed by atoms with Gasteiger partial charge in [0.25, 0.3) is 5.91 Å². The standard InChI is InChI=1S/C22H26N4O5S/c1-14(2)31-22(28)19-15(3)20(24-16(19)4)21(27)25-9-11-26(12-10-25)32(29,30)18-8-6-5-7-17(18)13-23/h5-8,14,24H,9-12H2,1-4H3. The first kappa shape index (κ1) is 23.5. The molecule has 0 aliphatic carbocycles. The summed E-state index contributed by atoms with van der Waals surface area (Å²) in [5.41, 5.74) is 1.78. The summed E-state index contributed by atoms with van der Waals surface area (Å²) >= 11 is 0. The normalized spacial score (nSPS) is 14.9. The van der Waals surface area contributed by atoms with Gasteiger partial charge in [-0.2, -0.15) is 9.57 Å². The molecule has 2 aromatic rings. The van der Waals surface area contributed by atoms with Crippen LogP contribution in [-0.4, -0.2) is 66.8 Å². The van der Waals surface area contributed by atoms with Crippen molar-refractivity contribution in [2.45, 2.75) is 38.7 Å². The molecular formula is C22H26N4O5S. The number of aromatic nitrogens is 1. The molecule has 0 atom stereocenters. The number of nitrogens with one attached hydrogen (secondary N) is 1. The zero-order valence-electron chi connectivity index (χ0n) is 18.5. The first-order valence-electron chi connectivity index (χ1n) is 10.3. The van der Waals surface area contributed by atoms with Gasteiger partial charge in [-0.25, -0.2) is 13.2 Å². The van der Waals surface area contributed by atoms with E-state index in [9.17, 15) is 23.3 Å². The number of rotatable bonds is 5. The van der Waals surface area contributed by atoms with Crippen molar-refractivity contribution >= 4 is 21.9 Å². The molecule has 0 unspecified atom stereocenters. The van der Waals surface area contributed by atoms with Crippen molar-refractivity contribution in [3.63, 3.8) is 0 Å². The number of H-pyrrole nitrogens is 1. The van der Waals surface area contributed by atoms with Crippen molar-refractivity contribution in [3.05, 3.63) is 52.3 Å². The van der Waals surface area contributed by atoms with Crippen LogP contribution >= 0.6 is 0 Å². The van der Waals surface area contributed by atoms with Gasteiger partial charge in [0.15, 0.2) is 0 Å². The second-order valence-corrected chi connectivity index (χ2v) is 9.79. The lowest BCUT2D eigenvalue weighted by molar-refractivity contribution is 0.0376. The maximum atomic E-state index is 13.1. The molecule has 0 saturated carbocycles. The summed E-state index contributed by atoms with van der Waals surface area (Å²) < 4.78 is 32.5. The lowest BCUT2D eigenvalue weighted by Crippen LogP contribution is -2.50. The van der Waals surface area contributed by atoms with Crippen LogP contribution in [0.15, 0.2) is 29.2 Å². The fraction of sp³-hybridized carbons (Fsp3) is 0.409. The largest absolute Gasteiger partial charge is 0.459 e. The summed E-state index contributed by atoms with van der Waals surface area (Å²) in [5, 5.41) is 9.24. The van der Waals surface area contributed by atoms with Crippen LogP contribution in [-0.2, 0) is 14.8 Å². The topological polar surface area (TPSA) is 124 Å². The molecular weight excluding hydrogens is 432 g/mol. The molecule has 1 saturated heterocycles. The van der Waals surface area contributed by atoms with Crippen LogP contribution < -0.4 is 0 Å². The maximum absolute atomic E-state index is 13.1. The van der Waals surface area contributed by atoms with E-state index in [4.69, 9.17) is 4.74 Å². The third-order valence-corrected chi connectivity index (χ3v) is 7.31. The number of aromatic amines is 1. The van der Waals surface area contributed by atoms with Gasteiger partial charge < -0.3 is 14.6 Å². The van der Waals surface area contributed by atoms with Crippen LogP contribution in [0.4, 0.5) is 0 Å². The summed E-state index contributed by atoms with van der Waals surface area (Å²) in [4.78, 5) is 30.0. The minimum absolute atomic E-state index is 0.0357. The van der Waals surface area contributed by atoms with E-state index in [0.29, 0.717) is 22.5 Å². The number of esters is 1.